The molecule has 0 fully saturated rings. The lowest BCUT2D eigenvalue weighted by Crippen LogP contribution is -2.33. The van der Waals surface area contributed by atoms with Crippen molar-refractivity contribution in [1.29, 1.82) is 0 Å². The zero-order valence-electron chi connectivity index (χ0n) is 16.2. The van der Waals surface area contributed by atoms with Gasteiger partial charge in [-0.2, -0.15) is 4.31 Å². The van der Waals surface area contributed by atoms with Crippen molar-refractivity contribution >= 4 is 25.7 Å². The van der Waals surface area contributed by atoms with Crippen molar-refractivity contribution in [2.24, 2.45) is 0 Å². The minimum atomic E-state index is -3.74. The summed E-state index contributed by atoms with van der Waals surface area (Å²) in [5.41, 5.74) is 1.35. The lowest BCUT2D eigenvalue weighted by atomic mass is 10.0. The standard InChI is InChI=1S/C19H26N2O4S2/c1-14(2)16-6-10-18(11-7-16)26(22,23)20-17-8-12-19(13-9-17)27(24,25)21(5)15(3)4/h6-15,20H,1-5H3. The monoisotopic (exact) mass is 410 g/mol. The molecule has 0 spiro atoms. The molecule has 0 atom stereocenters. The molecule has 0 aromatic heterocycles. The normalized spacial score (nSPS) is 12.7. The topological polar surface area (TPSA) is 83.5 Å². The Morgan fingerprint density at radius 3 is 1.70 bits per heavy atom. The molecule has 0 aliphatic heterocycles. The summed E-state index contributed by atoms with van der Waals surface area (Å²) in [6.45, 7) is 7.64. The Kier molecular flexibility index (Phi) is 6.34. The van der Waals surface area contributed by atoms with Crippen LogP contribution in [0.15, 0.2) is 58.3 Å². The van der Waals surface area contributed by atoms with Gasteiger partial charge in [-0.25, -0.2) is 16.8 Å². The molecule has 2 rings (SSSR count). The fourth-order valence-corrected chi connectivity index (χ4v) is 4.81. The van der Waals surface area contributed by atoms with E-state index in [2.05, 4.69) is 4.72 Å². The van der Waals surface area contributed by atoms with Gasteiger partial charge < -0.3 is 0 Å². The maximum Gasteiger partial charge on any atom is 0.261 e. The van der Waals surface area contributed by atoms with Crippen molar-refractivity contribution in [3.63, 3.8) is 0 Å². The first-order valence-electron chi connectivity index (χ1n) is 8.66. The fraction of sp³-hybridized carbons (Fsp3) is 0.368. The smallest absolute Gasteiger partial charge is 0.261 e. The van der Waals surface area contributed by atoms with Gasteiger partial charge in [0, 0.05) is 18.8 Å². The van der Waals surface area contributed by atoms with Crippen LogP contribution < -0.4 is 4.72 Å². The van der Waals surface area contributed by atoms with Crippen molar-refractivity contribution in [2.45, 2.75) is 49.4 Å². The molecule has 0 unspecified atom stereocenters. The quantitative estimate of drug-likeness (QED) is 0.755. The Morgan fingerprint density at radius 2 is 1.26 bits per heavy atom. The average molecular weight is 411 g/mol. The summed E-state index contributed by atoms with van der Waals surface area (Å²) in [6, 6.07) is 12.2. The highest BCUT2D eigenvalue weighted by molar-refractivity contribution is 7.92. The molecule has 0 saturated carbocycles. The molecule has 0 aliphatic rings. The SMILES string of the molecule is CC(C)c1ccc(S(=O)(=O)Nc2ccc(S(=O)(=O)N(C)C(C)C)cc2)cc1. The van der Waals surface area contributed by atoms with E-state index in [1.165, 1.54) is 35.6 Å². The Morgan fingerprint density at radius 1 is 0.778 bits per heavy atom. The van der Waals surface area contributed by atoms with Gasteiger partial charge >= 0.3 is 0 Å². The molecule has 2 aromatic rings. The van der Waals surface area contributed by atoms with Crippen LogP contribution in [0.1, 0.15) is 39.2 Å². The van der Waals surface area contributed by atoms with Crippen molar-refractivity contribution in [3.8, 4) is 0 Å². The lowest BCUT2D eigenvalue weighted by Gasteiger charge is -2.21. The van der Waals surface area contributed by atoms with Crippen LogP contribution in [-0.2, 0) is 20.0 Å². The number of nitrogens with zero attached hydrogens (tertiary/aromatic N) is 1. The van der Waals surface area contributed by atoms with E-state index in [1.807, 2.05) is 13.8 Å². The first-order chi connectivity index (χ1) is 12.4. The molecular formula is C19H26N2O4S2. The van der Waals surface area contributed by atoms with E-state index in [0.717, 1.165) is 5.56 Å². The number of sulfonamides is 2. The average Bonchev–Trinajstić information content (AvgIpc) is 2.61. The highest BCUT2D eigenvalue weighted by Crippen LogP contribution is 2.22. The summed E-state index contributed by atoms with van der Waals surface area (Å²) in [6.07, 6.45) is 0. The first kappa shape index (κ1) is 21.4. The minimum Gasteiger partial charge on any atom is -0.280 e. The van der Waals surface area contributed by atoms with E-state index in [9.17, 15) is 16.8 Å². The van der Waals surface area contributed by atoms with E-state index in [1.54, 1.807) is 38.1 Å². The highest BCUT2D eigenvalue weighted by atomic mass is 32.2. The number of hydrogen-bond donors (Lipinski definition) is 1. The molecule has 0 radical (unpaired) electrons. The van der Waals surface area contributed by atoms with Crippen LogP contribution in [0.5, 0.6) is 0 Å². The van der Waals surface area contributed by atoms with Gasteiger partial charge in [0.25, 0.3) is 10.0 Å². The minimum absolute atomic E-state index is 0.114. The second-order valence-electron chi connectivity index (χ2n) is 6.97. The molecule has 8 heteroatoms. The first-order valence-corrected chi connectivity index (χ1v) is 11.6. The number of nitrogens with one attached hydrogen (secondary N) is 1. The third-order valence-corrected chi connectivity index (χ3v) is 7.81. The van der Waals surface area contributed by atoms with Gasteiger partial charge in [0.05, 0.1) is 9.79 Å². The maximum atomic E-state index is 12.5. The van der Waals surface area contributed by atoms with Gasteiger partial charge in [-0.1, -0.05) is 26.0 Å². The molecule has 0 saturated heterocycles. The molecule has 27 heavy (non-hydrogen) atoms. The van der Waals surface area contributed by atoms with Crippen LogP contribution in [-0.4, -0.2) is 34.2 Å². The Balaban J connectivity index is 2.23. The van der Waals surface area contributed by atoms with Crippen LogP contribution in [0, 0.1) is 0 Å². The molecule has 0 bridgehead atoms. The van der Waals surface area contributed by atoms with Gasteiger partial charge in [0.1, 0.15) is 0 Å². The summed E-state index contributed by atoms with van der Waals surface area (Å²) < 4.78 is 53.7. The summed E-state index contributed by atoms with van der Waals surface area (Å²) in [5, 5.41) is 0. The summed E-state index contributed by atoms with van der Waals surface area (Å²) >= 11 is 0. The van der Waals surface area contributed by atoms with Crippen LogP contribution in [0.25, 0.3) is 0 Å². The molecule has 0 aliphatic carbocycles. The second kappa shape index (κ2) is 8.00. The Labute approximate surface area is 162 Å². The van der Waals surface area contributed by atoms with E-state index in [4.69, 9.17) is 0 Å². The van der Waals surface area contributed by atoms with Crippen molar-refractivity contribution in [2.75, 3.05) is 11.8 Å². The van der Waals surface area contributed by atoms with Crippen molar-refractivity contribution in [1.82, 2.24) is 4.31 Å². The lowest BCUT2D eigenvalue weighted by molar-refractivity contribution is 0.410. The molecule has 0 amide bonds. The fourth-order valence-electron chi connectivity index (χ4n) is 2.38. The molecule has 1 N–H and O–H groups in total. The number of hydrogen-bond acceptors (Lipinski definition) is 4. The number of rotatable bonds is 7. The second-order valence-corrected chi connectivity index (χ2v) is 10.6. The molecule has 148 valence electrons. The highest BCUT2D eigenvalue weighted by Gasteiger charge is 2.23. The van der Waals surface area contributed by atoms with Crippen molar-refractivity contribution in [3.05, 3.63) is 54.1 Å². The largest absolute Gasteiger partial charge is 0.280 e. The van der Waals surface area contributed by atoms with Crippen LogP contribution >= 0.6 is 0 Å². The zero-order chi connectivity index (χ0) is 20.4. The van der Waals surface area contributed by atoms with Crippen LogP contribution in [0.2, 0.25) is 0 Å². The van der Waals surface area contributed by atoms with Crippen LogP contribution in [0.4, 0.5) is 5.69 Å². The van der Waals surface area contributed by atoms with Gasteiger partial charge in [0.15, 0.2) is 0 Å². The summed E-state index contributed by atoms with van der Waals surface area (Å²) in [7, 11) is -5.84. The molecular weight excluding hydrogens is 384 g/mol. The van der Waals surface area contributed by atoms with Gasteiger partial charge in [0.2, 0.25) is 10.0 Å². The molecule has 6 nitrogen and oxygen atoms in total. The third kappa shape index (κ3) is 4.88. The van der Waals surface area contributed by atoms with E-state index >= 15 is 0 Å². The van der Waals surface area contributed by atoms with Crippen LogP contribution in [0.3, 0.4) is 0 Å². The van der Waals surface area contributed by atoms with Gasteiger partial charge in [-0.15, -0.1) is 0 Å². The molecule has 0 heterocycles. The van der Waals surface area contributed by atoms with E-state index in [0.29, 0.717) is 11.6 Å². The Hall–Kier alpha value is -1.90. The third-order valence-electron chi connectivity index (χ3n) is 4.37. The predicted octanol–water partition coefficient (Wildman–Crippen LogP) is 3.64. The van der Waals surface area contributed by atoms with Crippen molar-refractivity contribution < 1.29 is 16.8 Å². The number of benzene rings is 2. The van der Waals surface area contributed by atoms with Gasteiger partial charge in [-0.3, -0.25) is 4.72 Å². The zero-order valence-corrected chi connectivity index (χ0v) is 17.8. The number of anilines is 1. The predicted molar refractivity (Wildman–Crippen MR) is 108 cm³/mol. The maximum absolute atomic E-state index is 12.5. The summed E-state index contributed by atoms with van der Waals surface area (Å²) in [4.78, 5) is 0.270. The van der Waals surface area contributed by atoms with Gasteiger partial charge in [-0.05, 0) is 61.7 Å². The van der Waals surface area contributed by atoms with E-state index in [-0.39, 0.29) is 15.8 Å². The van der Waals surface area contributed by atoms with E-state index < -0.39 is 20.0 Å². The summed E-state index contributed by atoms with van der Waals surface area (Å²) in [5.74, 6) is 0.313. The Bertz CT molecular complexity index is 979. The molecule has 2 aromatic carbocycles.